The zero-order valence-electron chi connectivity index (χ0n) is 13.6. The number of rotatable bonds is 8. The molecule has 2 rings (SSSR count). The van der Waals surface area contributed by atoms with E-state index < -0.39 is 0 Å². The van der Waals surface area contributed by atoms with Gasteiger partial charge in [-0.3, -0.25) is 4.79 Å². The highest BCUT2D eigenvalue weighted by Gasteiger charge is 2.07. The second-order valence-electron chi connectivity index (χ2n) is 5.15. The van der Waals surface area contributed by atoms with Crippen molar-refractivity contribution in [3.05, 3.63) is 52.0 Å². The molecule has 0 atom stereocenters. The molecule has 5 nitrogen and oxygen atoms in total. The largest absolute Gasteiger partial charge is 0.504 e. The molecule has 0 amide bonds. The van der Waals surface area contributed by atoms with Crippen molar-refractivity contribution in [2.24, 2.45) is 0 Å². The van der Waals surface area contributed by atoms with E-state index in [9.17, 15) is 9.90 Å². The van der Waals surface area contributed by atoms with E-state index in [-0.39, 0.29) is 31.4 Å². The standard InChI is InChI=1S/C18H18Cl2O5/c1-23-17-5-2-12(10-15(17)21)3-7-18(22)25-9-8-24-16-6-4-13(19)11-14(16)20/h2,4-6,10-11,21H,3,7-9H2,1H3. The fourth-order valence-corrected chi connectivity index (χ4v) is 2.57. The Morgan fingerprint density at radius 3 is 2.52 bits per heavy atom. The first-order valence-corrected chi connectivity index (χ1v) is 8.34. The molecule has 1 N–H and O–H groups in total. The minimum atomic E-state index is -0.346. The van der Waals surface area contributed by atoms with Crippen LogP contribution in [0.1, 0.15) is 12.0 Å². The van der Waals surface area contributed by atoms with Crippen LogP contribution in [0.5, 0.6) is 17.2 Å². The highest BCUT2D eigenvalue weighted by molar-refractivity contribution is 6.35. The van der Waals surface area contributed by atoms with Gasteiger partial charge in [-0.15, -0.1) is 0 Å². The Morgan fingerprint density at radius 2 is 1.84 bits per heavy atom. The van der Waals surface area contributed by atoms with Crippen molar-refractivity contribution in [1.82, 2.24) is 0 Å². The molecule has 0 saturated heterocycles. The molecule has 0 fully saturated rings. The van der Waals surface area contributed by atoms with Crippen molar-refractivity contribution in [3.8, 4) is 17.2 Å². The number of hydrogen-bond donors (Lipinski definition) is 1. The van der Waals surface area contributed by atoms with Crippen molar-refractivity contribution in [3.63, 3.8) is 0 Å². The predicted molar refractivity (Wildman–Crippen MR) is 95.9 cm³/mol. The van der Waals surface area contributed by atoms with Gasteiger partial charge >= 0.3 is 5.97 Å². The molecule has 0 aliphatic heterocycles. The second kappa shape index (κ2) is 9.39. The van der Waals surface area contributed by atoms with Gasteiger partial charge < -0.3 is 19.3 Å². The number of halogens is 2. The van der Waals surface area contributed by atoms with Gasteiger partial charge in [-0.1, -0.05) is 29.3 Å². The van der Waals surface area contributed by atoms with Gasteiger partial charge in [-0.2, -0.15) is 0 Å². The molecule has 0 bridgehead atoms. The maximum absolute atomic E-state index is 11.7. The normalized spacial score (nSPS) is 10.4. The number of aromatic hydroxyl groups is 1. The average molecular weight is 385 g/mol. The highest BCUT2D eigenvalue weighted by atomic mass is 35.5. The molecule has 0 aliphatic carbocycles. The van der Waals surface area contributed by atoms with E-state index in [4.69, 9.17) is 37.4 Å². The maximum Gasteiger partial charge on any atom is 0.306 e. The van der Waals surface area contributed by atoms with E-state index >= 15 is 0 Å². The Kier molecular flexibility index (Phi) is 7.22. The van der Waals surface area contributed by atoms with Crippen molar-refractivity contribution in [2.75, 3.05) is 20.3 Å². The van der Waals surface area contributed by atoms with Gasteiger partial charge in [0.15, 0.2) is 11.5 Å². The fourth-order valence-electron chi connectivity index (χ4n) is 2.11. The fraction of sp³-hybridized carbons (Fsp3) is 0.278. The Bertz CT molecular complexity index is 733. The van der Waals surface area contributed by atoms with Crippen LogP contribution in [0.3, 0.4) is 0 Å². The van der Waals surface area contributed by atoms with Crippen molar-refractivity contribution >= 4 is 29.2 Å². The number of benzene rings is 2. The Hall–Kier alpha value is -2.11. The van der Waals surface area contributed by atoms with Gasteiger partial charge in [0, 0.05) is 11.4 Å². The molecule has 0 aromatic heterocycles. The topological polar surface area (TPSA) is 65.0 Å². The van der Waals surface area contributed by atoms with E-state index in [1.807, 2.05) is 0 Å². The van der Waals surface area contributed by atoms with Crippen LogP contribution in [0.4, 0.5) is 0 Å². The Balaban J connectivity index is 1.69. The van der Waals surface area contributed by atoms with Crippen LogP contribution >= 0.6 is 23.2 Å². The summed E-state index contributed by atoms with van der Waals surface area (Å²) in [5.41, 5.74) is 0.819. The van der Waals surface area contributed by atoms with Crippen LogP contribution in [0.2, 0.25) is 10.0 Å². The van der Waals surface area contributed by atoms with Crippen molar-refractivity contribution < 1.29 is 24.1 Å². The van der Waals surface area contributed by atoms with Crippen molar-refractivity contribution in [1.29, 1.82) is 0 Å². The van der Waals surface area contributed by atoms with Crippen LogP contribution in [-0.2, 0) is 16.0 Å². The predicted octanol–water partition coefficient (Wildman–Crippen LogP) is 4.26. The molecule has 0 saturated carbocycles. The van der Waals surface area contributed by atoms with E-state index in [1.54, 1.807) is 36.4 Å². The maximum atomic E-state index is 11.7. The smallest absolute Gasteiger partial charge is 0.306 e. The Labute approximate surface area is 156 Å². The van der Waals surface area contributed by atoms with Crippen molar-refractivity contribution in [2.45, 2.75) is 12.8 Å². The number of ether oxygens (including phenoxy) is 3. The molecule has 0 unspecified atom stereocenters. The third kappa shape index (κ3) is 6.03. The third-order valence-electron chi connectivity index (χ3n) is 3.36. The average Bonchev–Trinajstić information content (AvgIpc) is 2.58. The lowest BCUT2D eigenvalue weighted by molar-refractivity contribution is -0.144. The molecule has 0 radical (unpaired) electrons. The zero-order valence-corrected chi connectivity index (χ0v) is 15.1. The first-order valence-electron chi connectivity index (χ1n) is 7.59. The van der Waals surface area contributed by atoms with Crippen LogP contribution in [0.15, 0.2) is 36.4 Å². The lowest BCUT2D eigenvalue weighted by Crippen LogP contribution is -2.12. The number of esters is 1. The van der Waals surface area contributed by atoms with Gasteiger partial charge in [-0.05, 0) is 42.3 Å². The number of carbonyl (C=O) groups excluding carboxylic acids is 1. The van der Waals surface area contributed by atoms with Gasteiger partial charge in [0.2, 0.25) is 0 Å². The second-order valence-corrected chi connectivity index (χ2v) is 5.99. The molecule has 2 aromatic rings. The number of carbonyl (C=O) groups is 1. The quantitative estimate of drug-likeness (QED) is 0.543. The van der Waals surface area contributed by atoms with Gasteiger partial charge in [0.25, 0.3) is 0 Å². The summed E-state index contributed by atoms with van der Waals surface area (Å²) in [6.45, 7) is 0.308. The molecule has 2 aromatic carbocycles. The summed E-state index contributed by atoms with van der Waals surface area (Å²) >= 11 is 11.8. The molecule has 25 heavy (non-hydrogen) atoms. The minimum Gasteiger partial charge on any atom is -0.504 e. The van der Waals surface area contributed by atoms with Crippen LogP contribution < -0.4 is 9.47 Å². The van der Waals surface area contributed by atoms with Crippen LogP contribution in [0, 0.1) is 0 Å². The van der Waals surface area contributed by atoms with E-state index in [1.165, 1.54) is 7.11 Å². The summed E-state index contributed by atoms with van der Waals surface area (Å²) in [5.74, 6) is 0.572. The first kappa shape index (κ1) is 19.2. The van der Waals surface area contributed by atoms with Crippen LogP contribution in [0.25, 0.3) is 0 Å². The SMILES string of the molecule is COc1ccc(CCC(=O)OCCOc2ccc(Cl)cc2Cl)cc1O. The minimum absolute atomic E-state index is 0.0432. The molecule has 0 aliphatic rings. The van der Waals surface area contributed by atoms with Gasteiger partial charge in [0.05, 0.1) is 12.1 Å². The summed E-state index contributed by atoms with van der Waals surface area (Å²) in [6.07, 6.45) is 0.660. The molecular formula is C18H18Cl2O5. The summed E-state index contributed by atoms with van der Waals surface area (Å²) in [5, 5.41) is 10.6. The monoisotopic (exact) mass is 384 g/mol. The summed E-state index contributed by atoms with van der Waals surface area (Å²) in [7, 11) is 1.48. The molecular weight excluding hydrogens is 367 g/mol. The molecule has 134 valence electrons. The first-order chi connectivity index (χ1) is 12.0. The number of phenols is 1. The van der Waals surface area contributed by atoms with Gasteiger partial charge in [-0.25, -0.2) is 0 Å². The number of methoxy groups -OCH3 is 1. The van der Waals surface area contributed by atoms with E-state index in [0.717, 1.165) is 5.56 Å². The summed E-state index contributed by atoms with van der Waals surface area (Å²) < 4.78 is 15.5. The number of aryl methyl sites for hydroxylation is 1. The summed E-state index contributed by atoms with van der Waals surface area (Å²) in [6, 6.07) is 9.91. The molecule has 7 heteroatoms. The van der Waals surface area contributed by atoms with Gasteiger partial charge in [0.1, 0.15) is 19.0 Å². The van der Waals surface area contributed by atoms with E-state index in [2.05, 4.69) is 0 Å². The lowest BCUT2D eigenvalue weighted by atomic mass is 10.1. The number of hydrogen-bond acceptors (Lipinski definition) is 5. The Morgan fingerprint density at radius 1 is 1.08 bits per heavy atom. The highest BCUT2D eigenvalue weighted by Crippen LogP contribution is 2.28. The zero-order chi connectivity index (χ0) is 18.2. The van der Waals surface area contributed by atoms with E-state index in [0.29, 0.717) is 28.0 Å². The lowest BCUT2D eigenvalue weighted by Gasteiger charge is -2.09. The summed E-state index contributed by atoms with van der Waals surface area (Å²) in [4.78, 5) is 11.7. The van der Waals surface area contributed by atoms with Crippen LogP contribution in [-0.4, -0.2) is 31.4 Å². The number of phenolic OH excluding ortho intramolecular Hbond substituents is 1. The molecule has 0 spiro atoms. The third-order valence-corrected chi connectivity index (χ3v) is 3.89. The molecule has 0 heterocycles.